The van der Waals surface area contributed by atoms with E-state index in [1.807, 2.05) is 19.2 Å². The van der Waals surface area contributed by atoms with E-state index in [1.165, 1.54) is 0 Å². The Labute approximate surface area is 115 Å². The fraction of sp³-hybridized carbons (Fsp3) is 0.500. The summed E-state index contributed by atoms with van der Waals surface area (Å²) in [4.78, 5) is 16.1. The van der Waals surface area contributed by atoms with Crippen LogP contribution in [0.4, 0.5) is 0 Å². The van der Waals surface area contributed by atoms with Crippen LogP contribution in [-0.4, -0.2) is 32.3 Å². The number of ether oxygens (including phenoxy) is 1. The fourth-order valence-corrected chi connectivity index (χ4v) is 2.49. The molecule has 0 aromatic carbocycles. The van der Waals surface area contributed by atoms with Gasteiger partial charge in [-0.05, 0) is 20.8 Å². The minimum atomic E-state index is -0.432. The van der Waals surface area contributed by atoms with Crippen molar-refractivity contribution in [1.82, 2.24) is 19.7 Å². The van der Waals surface area contributed by atoms with Crippen molar-refractivity contribution in [2.24, 2.45) is 0 Å². The third-order valence-electron chi connectivity index (χ3n) is 2.61. The van der Waals surface area contributed by atoms with Crippen LogP contribution in [0.2, 0.25) is 0 Å². The maximum atomic E-state index is 11.7. The van der Waals surface area contributed by atoms with Gasteiger partial charge in [0.1, 0.15) is 5.82 Å². The summed E-state index contributed by atoms with van der Waals surface area (Å²) in [5.74, 6) is 0.530. The van der Waals surface area contributed by atoms with E-state index < -0.39 is 5.97 Å². The third kappa shape index (κ3) is 3.17. The molecule has 0 aliphatic rings. The highest BCUT2D eigenvalue weighted by Gasteiger charge is 2.17. The van der Waals surface area contributed by atoms with Gasteiger partial charge < -0.3 is 9.30 Å². The van der Waals surface area contributed by atoms with Crippen LogP contribution in [0.5, 0.6) is 0 Å². The molecule has 0 unspecified atom stereocenters. The number of carbonyl (C=O) groups is 1. The van der Waals surface area contributed by atoms with Crippen LogP contribution in [0.1, 0.15) is 34.1 Å². The van der Waals surface area contributed by atoms with Crippen molar-refractivity contribution < 1.29 is 9.53 Å². The molecule has 102 valence electrons. The van der Waals surface area contributed by atoms with Crippen LogP contribution < -0.4 is 0 Å². The average molecular weight is 280 g/mol. The van der Waals surface area contributed by atoms with Gasteiger partial charge in [0.2, 0.25) is 5.82 Å². The van der Waals surface area contributed by atoms with Crippen LogP contribution in [0.25, 0.3) is 0 Å². The van der Waals surface area contributed by atoms with E-state index in [4.69, 9.17) is 4.74 Å². The first-order valence-electron chi connectivity index (χ1n) is 6.09. The Bertz CT molecular complexity index is 576. The SMILES string of the molecule is CCOC(=O)c1nnc(C)n1CCc1nc(C)cs1. The Morgan fingerprint density at radius 1 is 1.42 bits per heavy atom. The van der Waals surface area contributed by atoms with E-state index in [-0.39, 0.29) is 5.82 Å². The molecular formula is C12H16N4O2S. The second-order valence-corrected chi connectivity index (χ2v) is 5.02. The number of hydrogen-bond donors (Lipinski definition) is 0. The fourth-order valence-electron chi connectivity index (χ4n) is 1.72. The molecule has 2 rings (SSSR count). The molecule has 6 nitrogen and oxygen atoms in total. The molecule has 2 aromatic rings. The molecule has 0 N–H and O–H groups in total. The van der Waals surface area contributed by atoms with Gasteiger partial charge in [-0.3, -0.25) is 0 Å². The Kier molecular flexibility index (Phi) is 4.26. The summed E-state index contributed by atoms with van der Waals surface area (Å²) >= 11 is 1.62. The van der Waals surface area contributed by atoms with Gasteiger partial charge in [0.25, 0.3) is 0 Å². The molecular weight excluding hydrogens is 264 g/mol. The van der Waals surface area contributed by atoms with Gasteiger partial charge in [0, 0.05) is 24.0 Å². The number of thiazole rings is 1. The van der Waals surface area contributed by atoms with Crippen LogP contribution in [-0.2, 0) is 17.7 Å². The third-order valence-corrected chi connectivity index (χ3v) is 3.64. The number of esters is 1. The topological polar surface area (TPSA) is 69.9 Å². The standard InChI is InChI=1S/C12H16N4O2S/c1-4-18-12(17)11-15-14-9(3)16(11)6-5-10-13-8(2)7-19-10/h7H,4-6H2,1-3H3. The summed E-state index contributed by atoms with van der Waals surface area (Å²) in [5, 5.41) is 10.9. The van der Waals surface area contributed by atoms with Gasteiger partial charge in [0.05, 0.1) is 11.6 Å². The molecule has 0 saturated carbocycles. The van der Waals surface area contributed by atoms with Crippen molar-refractivity contribution in [2.75, 3.05) is 6.61 Å². The lowest BCUT2D eigenvalue weighted by molar-refractivity contribution is 0.0505. The summed E-state index contributed by atoms with van der Waals surface area (Å²) in [6.07, 6.45) is 0.754. The predicted molar refractivity (Wildman–Crippen MR) is 71.3 cm³/mol. The Hall–Kier alpha value is -1.76. The minimum Gasteiger partial charge on any atom is -0.460 e. The van der Waals surface area contributed by atoms with E-state index >= 15 is 0 Å². The zero-order valence-corrected chi connectivity index (χ0v) is 12.0. The lowest BCUT2D eigenvalue weighted by Crippen LogP contribution is -2.15. The quantitative estimate of drug-likeness (QED) is 0.781. The first kappa shape index (κ1) is 13.7. The molecule has 0 atom stereocenters. The molecule has 7 heteroatoms. The maximum absolute atomic E-state index is 11.7. The highest BCUT2D eigenvalue weighted by Crippen LogP contribution is 2.12. The molecule has 19 heavy (non-hydrogen) atoms. The van der Waals surface area contributed by atoms with Crippen molar-refractivity contribution in [1.29, 1.82) is 0 Å². The molecule has 0 fully saturated rings. The van der Waals surface area contributed by atoms with Gasteiger partial charge in [-0.25, -0.2) is 9.78 Å². The predicted octanol–water partition coefficient (Wildman–Crippen LogP) is 1.77. The lowest BCUT2D eigenvalue weighted by Gasteiger charge is -2.06. The van der Waals surface area contributed by atoms with Crippen molar-refractivity contribution in [2.45, 2.75) is 33.7 Å². The highest BCUT2D eigenvalue weighted by molar-refractivity contribution is 7.09. The first-order chi connectivity index (χ1) is 9.11. The maximum Gasteiger partial charge on any atom is 0.376 e. The molecule has 2 aromatic heterocycles. The van der Waals surface area contributed by atoms with Crippen molar-refractivity contribution in [3.63, 3.8) is 0 Å². The summed E-state index contributed by atoms with van der Waals surface area (Å²) in [6.45, 7) is 6.51. The first-order valence-corrected chi connectivity index (χ1v) is 6.97. The Morgan fingerprint density at radius 2 is 2.21 bits per heavy atom. The van der Waals surface area contributed by atoms with Crippen LogP contribution in [0, 0.1) is 13.8 Å². The number of carbonyl (C=O) groups excluding carboxylic acids is 1. The molecule has 0 amide bonds. The van der Waals surface area contributed by atoms with Gasteiger partial charge in [0.15, 0.2) is 0 Å². The number of hydrogen-bond acceptors (Lipinski definition) is 6. The Morgan fingerprint density at radius 3 is 2.84 bits per heavy atom. The lowest BCUT2D eigenvalue weighted by atomic mass is 10.4. The minimum absolute atomic E-state index is 0.257. The number of nitrogens with zero attached hydrogens (tertiary/aromatic N) is 4. The van der Waals surface area contributed by atoms with Crippen LogP contribution in [0.3, 0.4) is 0 Å². The smallest absolute Gasteiger partial charge is 0.376 e. The van der Waals surface area contributed by atoms with E-state index in [2.05, 4.69) is 15.2 Å². The average Bonchev–Trinajstić information content (AvgIpc) is 2.94. The largest absolute Gasteiger partial charge is 0.460 e. The Balaban J connectivity index is 2.11. The van der Waals surface area contributed by atoms with Gasteiger partial charge in [-0.1, -0.05) is 0 Å². The molecule has 0 spiro atoms. The van der Waals surface area contributed by atoms with Gasteiger partial charge in [-0.15, -0.1) is 21.5 Å². The van der Waals surface area contributed by atoms with E-state index in [0.29, 0.717) is 19.0 Å². The van der Waals surface area contributed by atoms with Crippen LogP contribution >= 0.6 is 11.3 Å². The summed E-state index contributed by atoms with van der Waals surface area (Å²) in [6, 6.07) is 0. The number of aryl methyl sites for hydroxylation is 3. The van der Waals surface area contributed by atoms with E-state index in [9.17, 15) is 4.79 Å². The van der Waals surface area contributed by atoms with Crippen molar-refractivity contribution >= 4 is 17.3 Å². The van der Waals surface area contributed by atoms with Crippen molar-refractivity contribution in [3.8, 4) is 0 Å². The van der Waals surface area contributed by atoms with Gasteiger partial charge in [-0.2, -0.15) is 0 Å². The van der Waals surface area contributed by atoms with Gasteiger partial charge >= 0.3 is 5.97 Å². The molecule has 0 aliphatic carbocycles. The van der Waals surface area contributed by atoms with Crippen LogP contribution in [0.15, 0.2) is 5.38 Å². The normalized spacial score (nSPS) is 10.7. The summed E-state index contributed by atoms with van der Waals surface area (Å²) in [5.41, 5.74) is 1.02. The molecule has 0 saturated heterocycles. The summed E-state index contributed by atoms with van der Waals surface area (Å²) < 4.78 is 6.74. The second kappa shape index (κ2) is 5.92. The molecule has 0 aliphatic heterocycles. The zero-order valence-electron chi connectivity index (χ0n) is 11.2. The van der Waals surface area contributed by atoms with E-state index in [0.717, 1.165) is 17.1 Å². The van der Waals surface area contributed by atoms with E-state index in [1.54, 1.807) is 22.8 Å². The molecule has 2 heterocycles. The number of rotatable bonds is 5. The van der Waals surface area contributed by atoms with Crippen molar-refractivity contribution in [3.05, 3.63) is 27.7 Å². The monoisotopic (exact) mass is 280 g/mol. The summed E-state index contributed by atoms with van der Waals surface area (Å²) in [7, 11) is 0. The highest BCUT2D eigenvalue weighted by atomic mass is 32.1. The molecule has 0 bridgehead atoms. The zero-order chi connectivity index (χ0) is 13.8. The second-order valence-electron chi connectivity index (χ2n) is 4.08. The number of aromatic nitrogens is 4. The molecule has 0 radical (unpaired) electrons.